The lowest BCUT2D eigenvalue weighted by Crippen LogP contribution is -2.45. The Kier molecular flexibility index (Phi) is 6.44. The van der Waals surface area contributed by atoms with Gasteiger partial charge in [0.1, 0.15) is 5.75 Å². The number of urea groups is 1. The summed E-state index contributed by atoms with van der Waals surface area (Å²) in [5, 5.41) is 5.44. The molecule has 0 fully saturated rings. The van der Waals surface area contributed by atoms with Crippen LogP contribution in [0.5, 0.6) is 5.75 Å². The normalized spacial score (nSPS) is 17.2. The van der Waals surface area contributed by atoms with Crippen molar-refractivity contribution >= 4 is 12.0 Å². The smallest absolute Gasteiger partial charge is 0.338 e. The highest BCUT2D eigenvalue weighted by Gasteiger charge is 2.32. The van der Waals surface area contributed by atoms with Gasteiger partial charge in [0.15, 0.2) is 0 Å². The molecule has 25 heavy (non-hydrogen) atoms. The van der Waals surface area contributed by atoms with Gasteiger partial charge in [0.25, 0.3) is 0 Å². The molecule has 0 aliphatic carbocycles. The van der Waals surface area contributed by atoms with E-state index >= 15 is 0 Å². The van der Waals surface area contributed by atoms with E-state index in [1.807, 2.05) is 45.0 Å². The Morgan fingerprint density at radius 3 is 2.52 bits per heavy atom. The lowest BCUT2D eigenvalue weighted by atomic mass is 9.95. The molecule has 2 rings (SSSR count). The molecule has 0 aromatic heterocycles. The summed E-state index contributed by atoms with van der Waals surface area (Å²) in [5.41, 5.74) is 1.73. The molecule has 0 saturated heterocycles. The maximum absolute atomic E-state index is 12.5. The van der Waals surface area contributed by atoms with Crippen molar-refractivity contribution in [3.8, 4) is 5.75 Å². The summed E-state index contributed by atoms with van der Waals surface area (Å²) in [6.45, 7) is 8.68. The third-order valence-corrected chi connectivity index (χ3v) is 3.72. The van der Waals surface area contributed by atoms with E-state index in [0.29, 0.717) is 24.5 Å². The standard InChI is InChI=1S/C19H26N2O4/c1-5-10-24-15-8-6-14(7-9-15)17-16(13(4)20-19(23)21-17)18(22)25-11-12(2)3/h6-9,12,17H,5,10-11H2,1-4H3,(H2,20,21,23)/t17-/m0/s1. The maximum atomic E-state index is 12.5. The summed E-state index contributed by atoms with van der Waals surface area (Å²) in [4.78, 5) is 24.4. The first-order valence-electron chi connectivity index (χ1n) is 8.60. The average Bonchev–Trinajstić information content (AvgIpc) is 2.57. The van der Waals surface area contributed by atoms with Crippen LogP contribution in [-0.4, -0.2) is 25.2 Å². The van der Waals surface area contributed by atoms with Gasteiger partial charge in [-0.15, -0.1) is 0 Å². The van der Waals surface area contributed by atoms with E-state index in [1.54, 1.807) is 6.92 Å². The van der Waals surface area contributed by atoms with E-state index < -0.39 is 12.0 Å². The molecule has 0 radical (unpaired) electrons. The Balaban J connectivity index is 2.24. The molecule has 1 heterocycles. The number of carbonyl (C=O) groups is 2. The van der Waals surface area contributed by atoms with Crippen molar-refractivity contribution in [2.24, 2.45) is 5.92 Å². The van der Waals surface area contributed by atoms with Gasteiger partial charge in [-0.05, 0) is 37.0 Å². The Bertz CT molecular complexity index is 650. The fourth-order valence-corrected chi connectivity index (χ4v) is 2.51. The summed E-state index contributed by atoms with van der Waals surface area (Å²) < 4.78 is 10.9. The van der Waals surface area contributed by atoms with Crippen molar-refractivity contribution in [2.45, 2.75) is 40.2 Å². The van der Waals surface area contributed by atoms with Crippen LogP contribution in [0.4, 0.5) is 4.79 Å². The van der Waals surface area contributed by atoms with E-state index in [4.69, 9.17) is 9.47 Å². The first-order chi connectivity index (χ1) is 11.9. The minimum Gasteiger partial charge on any atom is -0.494 e. The topological polar surface area (TPSA) is 76.7 Å². The largest absolute Gasteiger partial charge is 0.494 e. The van der Waals surface area contributed by atoms with Gasteiger partial charge in [-0.1, -0.05) is 32.9 Å². The first-order valence-corrected chi connectivity index (χ1v) is 8.60. The fraction of sp³-hybridized carbons (Fsp3) is 0.474. The van der Waals surface area contributed by atoms with Gasteiger partial charge >= 0.3 is 12.0 Å². The molecule has 1 aliphatic heterocycles. The molecule has 6 nitrogen and oxygen atoms in total. The van der Waals surface area contributed by atoms with Crippen molar-refractivity contribution in [1.29, 1.82) is 0 Å². The zero-order valence-corrected chi connectivity index (χ0v) is 15.2. The summed E-state index contributed by atoms with van der Waals surface area (Å²) in [5.74, 6) is 0.579. The van der Waals surface area contributed by atoms with E-state index in [9.17, 15) is 9.59 Å². The number of hydrogen-bond donors (Lipinski definition) is 2. The highest BCUT2D eigenvalue weighted by molar-refractivity contribution is 5.95. The first kappa shape index (κ1) is 18.8. The van der Waals surface area contributed by atoms with E-state index in [-0.39, 0.29) is 11.9 Å². The zero-order valence-electron chi connectivity index (χ0n) is 15.2. The van der Waals surface area contributed by atoms with Gasteiger partial charge in [0.2, 0.25) is 0 Å². The molecule has 6 heteroatoms. The van der Waals surface area contributed by atoms with Gasteiger partial charge in [0, 0.05) is 5.70 Å². The van der Waals surface area contributed by atoms with Crippen LogP contribution in [0.15, 0.2) is 35.5 Å². The minimum absolute atomic E-state index is 0.240. The summed E-state index contributed by atoms with van der Waals surface area (Å²) >= 11 is 0. The molecule has 0 saturated carbocycles. The highest BCUT2D eigenvalue weighted by Crippen LogP contribution is 2.29. The van der Waals surface area contributed by atoms with Crippen LogP contribution < -0.4 is 15.4 Å². The Hall–Kier alpha value is -2.50. The summed E-state index contributed by atoms with van der Waals surface area (Å²) in [7, 11) is 0. The van der Waals surface area contributed by atoms with E-state index in [0.717, 1.165) is 17.7 Å². The van der Waals surface area contributed by atoms with Crippen LogP contribution in [0, 0.1) is 5.92 Å². The SMILES string of the molecule is CCCOc1ccc([C@@H]2NC(=O)NC(C)=C2C(=O)OCC(C)C)cc1. The van der Waals surface area contributed by atoms with Crippen molar-refractivity contribution < 1.29 is 19.1 Å². The highest BCUT2D eigenvalue weighted by atomic mass is 16.5. The van der Waals surface area contributed by atoms with Crippen molar-refractivity contribution in [2.75, 3.05) is 13.2 Å². The number of rotatable bonds is 7. The molecular weight excluding hydrogens is 320 g/mol. The van der Waals surface area contributed by atoms with Crippen LogP contribution in [0.3, 0.4) is 0 Å². The third-order valence-electron chi connectivity index (χ3n) is 3.72. The number of amides is 2. The fourth-order valence-electron chi connectivity index (χ4n) is 2.51. The number of ether oxygens (including phenoxy) is 2. The number of esters is 1. The second-order valence-corrected chi connectivity index (χ2v) is 6.48. The van der Waals surface area contributed by atoms with Crippen molar-refractivity contribution in [3.63, 3.8) is 0 Å². The molecule has 1 atom stereocenters. The monoisotopic (exact) mass is 346 g/mol. The minimum atomic E-state index is -0.548. The lowest BCUT2D eigenvalue weighted by Gasteiger charge is -2.28. The predicted molar refractivity (Wildman–Crippen MR) is 95.1 cm³/mol. The number of allylic oxidation sites excluding steroid dienone is 1. The van der Waals surface area contributed by atoms with E-state index in [2.05, 4.69) is 10.6 Å². The Morgan fingerprint density at radius 2 is 1.92 bits per heavy atom. The molecule has 1 aromatic carbocycles. The van der Waals surface area contributed by atoms with Crippen LogP contribution in [-0.2, 0) is 9.53 Å². The number of nitrogens with one attached hydrogen (secondary N) is 2. The average molecular weight is 346 g/mol. The predicted octanol–water partition coefficient (Wildman–Crippen LogP) is 3.30. The number of carbonyl (C=O) groups excluding carboxylic acids is 2. The zero-order chi connectivity index (χ0) is 18.4. The van der Waals surface area contributed by atoms with Gasteiger partial charge in [0.05, 0.1) is 24.8 Å². The van der Waals surface area contributed by atoms with Crippen molar-refractivity contribution in [1.82, 2.24) is 10.6 Å². The molecule has 1 aromatic rings. The molecule has 2 N–H and O–H groups in total. The molecular formula is C19H26N2O4. The Morgan fingerprint density at radius 1 is 1.24 bits per heavy atom. The number of hydrogen-bond acceptors (Lipinski definition) is 4. The lowest BCUT2D eigenvalue weighted by molar-refractivity contribution is -0.140. The van der Waals surface area contributed by atoms with Crippen LogP contribution in [0.1, 0.15) is 45.7 Å². The van der Waals surface area contributed by atoms with Gasteiger partial charge in [-0.25, -0.2) is 9.59 Å². The molecule has 0 spiro atoms. The second-order valence-electron chi connectivity index (χ2n) is 6.48. The molecule has 1 aliphatic rings. The molecule has 136 valence electrons. The molecule has 2 amide bonds. The molecule has 0 unspecified atom stereocenters. The van der Waals surface area contributed by atoms with Crippen molar-refractivity contribution in [3.05, 3.63) is 41.1 Å². The quantitative estimate of drug-likeness (QED) is 0.743. The second kappa shape index (κ2) is 8.55. The summed E-state index contributed by atoms with van der Waals surface area (Å²) in [6.07, 6.45) is 0.930. The maximum Gasteiger partial charge on any atom is 0.338 e. The van der Waals surface area contributed by atoms with Gasteiger partial charge < -0.3 is 20.1 Å². The van der Waals surface area contributed by atoms with Crippen LogP contribution in [0.2, 0.25) is 0 Å². The van der Waals surface area contributed by atoms with Gasteiger partial charge in [-0.3, -0.25) is 0 Å². The number of benzene rings is 1. The Labute approximate surface area is 148 Å². The molecule has 0 bridgehead atoms. The third kappa shape index (κ3) is 4.98. The van der Waals surface area contributed by atoms with E-state index in [1.165, 1.54) is 0 Å². The van der Waals surface area contributed by atoms with Crippen LogP contribution >= 0.6 is 0 Å². The van der Waals surface area contributed by atoms with Crippen LogP contribution in [0.25, 0.3) is 0 Å². The summed E-state index contributed by atoms with van der Waals surface area (Å²) in [6, 6.07) is 6.49. The van der Waals surface area contributed by atoms with Gasteiger partial charge in [-0.2, -0.15) is 0 Å².